The molecule has 1 fully saturated rings. The molecule has 116 valence electrons. The van der Waals surface area contributed by atoms with Crippen LogP contribution in [0, 0.1) is 11.8 Å². The van der Waals surface area contributed by atoms with E-state index in [0.29, 0.717) is 19.6 Å². The van der Waals surface area contributed by atoms with Crippen molar-refractivity contribution in [2.75, 3.05) is 26.2 Å². The first kappa shape index (κ1) is 17.0. The Hall–Kier alpha value is -1.10. The molecule has 1 saturated heterocycles. The zero-order chi connectivity index (χ0) is 15.3. The molecular formula is C15H29N3O2. The maximum Gasteiger partial charge on any atom is 0.239 e. The van der Waals surface area contributed by atoms with Crippen LogP contribution in [0.4, 0.5) is 0 Å². The molecule has 0 bridgehead atoms. The quantitative estimate of drug-likeness (QED) is 0.839. The Morgan fingerprint density at radius 3 is 1.95 bits per heavy atom. The van der Waals surface area contributed by atoms with E-state index in [1.165, 1.54) is 0 Å². The third-order valence-corrected chi connectivity index (χ3v) is 4.16. The summed E-state index contributed by atoms with van der Waals surface area (Å²) in [5.74, 6) is 0.405. The molecule has 0 aromatic heterocycles. The Labute approximate surface area is 122 Å². The summed E-state index contributed by atoms with van der Waals surface area (Å²) < 4.78 is 0. The molecule has 1 aliphatic rings. The lowest BCUT2D eigenvalue weighted by molar-refractivity contribution is -0.136. The van der Waals surface area contributed by atoms with Crippen molar-refractivity contribution in [1.82, 2.24) is 9.80 Å². The second-order valence-electron chi connectivity index (χ2n) is 6.07. The molecule has 0 spiro atoms. The summed E-state index contributed by atoms with van der Waals surface area (Å²) in [5.41, 5.74) is 6.02. The predicted octanol–water partition coefficient (Wildman–Crippen LogP) is 1.08. The molecule has 20 heavy (non-hydrogen) atoms. The predicted molar refractivity (Wildman–Crippen MR) is 80.0 cm³/mol. The van der Waals surface area contributed by atoms with Gasteiger partial charge in [-0.25, -0.2) is 0 Å². The molecule has 0 aromatic carbocycles. The lowest BCUT2D eigenvalue weighted by atomic mass is 9.99. The van der Waals surface area contributed by atoms with Gasteiger partial charge in [0.2, 0.25) is 11.8 Å². The van der Waals surface area contributed by atoms with Crippen LogP contribution in [0.2, 0.25) is 0 Å². The summed E-state index contributed by atoms with van der Waals surface area (Å²) in [7, 11) is 0. The van der Waals surface area contributed by atoms with Crippen LogP contribution in [-0.2, 0) is 9.59 Å². The van der Waals surface area contributed by atoms with Crippen molar-refractivity contribution in [1.29, 1.82) is 0 Å². The monoisotopic (exact) mass is 283 g/mol. The lowest BCUT2D eigenvalue weighted by Gasteiger charge is -2.27. The number of rotatable bonds is 4. The molecule has 0 saturated carbocycles. The third-order valence-electron chi connectivity index (χ3n) is 4.16. The van der Waals surface area contributed by atoms with E-state index in [9.17, 15) is 9.59 Å². The average molecular weight is 283 g/mol. The smallest absolute Gasteiger partial charge is 0.239 e. The number of amides is 2. The van der Waals surface area contributed by atoms with Gasteiger partial charge in [-0.15, -0.1) is 0 Å². The van der Waals surface area contributed by atoms with E-state index < -0.39 is 6.04 Å². The van der Waals surface area contributed by atoms with Gasteiger partial charge in [0.1, 0.15) is 0 Å². The van der Waals surface area contributed by atoms with Gasteiger partial charge < -0.3 is 15.5 Å². The van der Waals surface area contributed by atoms with Crippen molar-refractivity contribution < 1.29 is 9.59 Å². The van der Waals surface area contributed by atoms with Crippen LogP contribution >= 0.6 is 0 Å². The van der Waals surface area contributed by atoms with E-state index in [-0.39, 0.29) is 23.7 Å². The molecule has 1 rings (SSSR count). The first-order valence-corrected chi connectivity index (χ1v) is 7.71. The first-order valence-electron chi connectivity index (χ1n) is 7.71. The second kappa shape index (κ2) is 7.62. The van der Waals surface area contributed by atoms with Crippen LogP contribution in [0.3, 0.4) is 0 Å². The van der Waals surface area contributed by atoms with Gasteiger partial charge in [0, 0.05) is 32.1 Å². The first-order chi connectivity index (χ1) is 9.38. The number of carbonyl (C=O) groups is 2. The summed E-state index contributed by atoms with van der Waals surface area (Å²) in [6.45, 7) is 10.5. The fraction of sp³-hybridized carbons (Fsp3) is 0.867. The summed E-state index contributed by atoms with van der Waals surface area (Å²) in [5, 5.41) is 0. The highest BCUT2D eigenvalue weighted by Crippen LogP contribution is 2.12. The summed E-state index contributed by atoms with van der Waals surface area (Å²) in [6.07, 6.45) is 1.73. The van der Waals surface area contributed by atoms with Crippen molar-refractivity contribution in [3.05, 3.63) is 0 Å². The van der Waals surface area contributed by atoms with Crippen molar-refractivity contribution in [2.24, 2.45) is 17.6 Å². The van der Waals surface area contributed by atoms with Gasteiger partial charge in [0.05, 0.1) is 6.04 Å². The van der Waals surface area contributed by atoms with Crippen LogP contribution in [0.1, 0.15) is 40.5 Å². The zero-order valence-corrected chi connectivity index (χ0v) is 13.3. The summed E-state index contributed by atoms with van der Waals surface area (Å²) >= 11 is 0. The normalized spacial score (nSPS) is 19.7. The van der Waals surface area contributed by atoms with Crippen LogP contribution in [0.15, 0.2) is 0 Å². The Morgan fingerprint density at radius 2 is 1.50 bits per heavy atom. The van der Waals surface area contributed by atoms with E-state index in [1.807, 2.05) is 37.5 Å². The number of hydrogen-bond donors (Lipinski definition) is 1. The highest BCUT2D eigenvalue weighted by molar-refractivity contribution is 5.82. The van der Waals surface area contributed by atoms with Crippen molar-refractivity contribution >= 4 is 11.8 Å². The Morgan fingerprint density at radius 1 is 1.00 bits per heavy atom. The van der Waals surface area contributed by atoms with Crippen molar-refractivity contribution in [3.63, 3.8) is 0 Å². The molecule has 2 N–H and O–H groups in total. The largest absolute Gasteiger partial charge is 0.341 e. The minimum atomic E-state index is -0.424. The molecule has 5 heteroatoms. The van der Waals surface area contributed by atoms with Gasteiger partial charge in [0.25, 0.3) is 0 Å². The van der Waals surface area contributed by atoms with Crippen LogP contribution < -0.4 is 5.73 Å². The van der Waals surface area contributed by atoms with E-state index in [1.54, 1.807) is 0 Å². The third kappa shape index (κ3) is 4.20. The molecule has 2 unspecified atom stereocenters. The summed E-state index contributed by atoms with van der Waals surface area (Å²) in [4.78, 5) is 28.1. The fourth-order valence-corrected chi connectivity index (χ4v) is 2.43. The van der Waals surface area contributed by atoms with E-state index in [2.05, 4.69) is 0 Å². The highest BCUT2D eigenvalue weighted by atomic mass is 16.2. The van der Waals surface area contributed by atoms with Crippen LogP contribution in [-0.4, -0.2) is 53.8 Å². The van der Waals surface area contributed by atoms with Gasteiger partial charge >= 0.3 is 0 Å². The molecular weight excluding hydrogens is 254 g/mol. The number of nitrogens with two attached hydrogens (primary N) is 1. The van der Waals surface area contributed by atoms with E-state index in [4.69, 9.17) is 5.73 Å². The Balaban J connectivity index is 2.60. The van der Waals surface area contributed by atoms with E-state index in [0.717, 1.165) is 19.4 Å². The van der Waals surface area contributed by atoms with Crippen LogP contribution in [0.25, 0.3) is 0 Å². The van der Waals surface area contributed by atoms with Gasteiger partial charge in [0.15, 0.2) is 0 Å². The van der Waals surface area contributed by atoms with Gasteiger partial charge in [-0.3, -0.25) is 9.59 Å². The fourth-order valence-electron chi connectivity index (χ4n) is 2.43. The van der Waals surface area contributed by atoms with Crippen molar-refractivity contribution in [3.8, 4) is 0 Å². The van der Waals surface area contributed by atoms with Gasteiger partial charge in [-0.1, -0.05) is 34.1 Å². The van der Waals surface area contributed by atoms with E-state index >= 15 is 0 Å². The molecule has 5 nitrogen and oxygen atoms in total. The Bertz CT molecular complexity index is 344. The second-order valence-corrected chi connectivity index (χ2v) is 6.07. The van der Waals surface area contributed by atoms with Gasteiger partial charge in [-0.05, 0) is 12.3 Å². The minimum Gasteiger partial charge on any atom is -0.341 e. The number of hydrogen-bond acceptors (Lipinski definition) is 3. The molecule has 2 amide bonds. The molecule has 0 aliphatic carbocycles. The maximum atomic E-state index is 12.4. The number of carbonyl (C=O) groups excluding carboxylic acids is 2. The maximum absolute atomic E-state index is 12.4. The topological polar surface area (TPSA) is 66.6 Å². The summed E-state index contributed by atoms with van der Waals surface area (Å²) in [6, 6.07) is -0.424. The number of nitrogens with zero attached hydrogens (tertiary/aromatic N) is 2. The van der Waals surface area contributed by atoms with Gasteiger partial charge in [-0.2, -0.15) is 0 Å². The average Bonchev–Trinajstić information content (AvgIpc) is 2.69. The SMILES string of the molecule is CCC(C)C(N)C(=O)N1CCCN(C(=O)C(C)C)CC1. The highest BCUT2D eigenvalue weighted by Gasteiger charge is 2.28. The van der Waals surface area contributed by atoms with Crippen molar-refractivity contribution in [2.45, 2.75) is 46.6 Å². The minimum absolute atomic E-state index is 0.0135. The molecule has 1 heterocycles. The molecule has 1 aliphatic heterocycles. The standard InChI is InChI=1S/C15H29N3O2/c1-5-12(4)13(16)15(20)18-8-6-7-17(9-10-18)14(19)11(2)3/h11-13H,5-10,16H2,1-4H3. The lowest BCUT2D eigenvalue weighted by Crippen LogP contribution is -2.48. The Kier molecular flexibility index (Phi) is 6.46. The molecule has 0 aromatic rings. The zero-order valence-electron chi connectivity index (χ0n) is 13.3. The van der Waals surface area contributed by atoms with Crippen LogP contribution in [0.5, 0.6) is 0 Å². The molecule has 2 atom stereocenters. The molecule has 0 radical (unpaired) electrons.